The normalized spacial score (nSPS) is 12.3. The van der Waals surface area contributed by atoms with Gasteiger partial charge in [0, 0.05) is 5.56 Å². The minimum Gasteiger partial charge on any atom is -0.460 e. The number of benzene rings is 2. The molecule has 0 radical (unpaired) electrons. The van der Waals surface area contributed by atoms with Crippen molar-refractivity contribution in [2.45, 2.75) is 44.6 Å². The molecule has 0 saturated heterocycles. The van der Waals surface area contributed by atoms with Crippen LogP contribution in [-0.4, -0.2) is 31.5 Å². The lowest BCUT2D eigenvalue weighted by Gasteiger charge is -2.19. The van der Waals surface area contributed by atoms with Crippen molar-refractivity contribution in [1.82, 2.24) is 0 Å². The number of Topliss-reactive ketones (excluding diaryl/α,β-unsaturated/α-hetero) is 1. The van der Waals surface area contributed by atoms with Crippen LogP contribution in [0.3, 0.4) is 0 Å². The van der Waals surface area contributed by atoms with E-state index in [1.165, 1.54) is 24.3 Å². The molecule has 8 heteroatoms. The summed E-state index contributed by atoms with van der Waals surface area (Å²) in [6.45, 7) is 6.85. The van der Waals surface area contributed by atoms with Crippen LogP contribution >= 0.6 is 0 Å². The zero-order valence-electron chi connectivity index (χ0n) is 16.7. The number of ketones is 1. The lowest BCUT2D eigenvalue weighted by Crippen LogP contribution is -2.28. The smallest absolute Gasteiger partial charge is 0.358 e. The van der Waals surface area contributed by atoms with Gasteiger partial charge in [-0.05, 0) is 39.8 Å². The Kier molecular flexibility index (Phi) is 6.92. The molecule has 0 saturated carbocycles. The van der Waals surface area contributed by atoms with Gasteiger partial charge in [-0.3, -0.25) is 13.9 Å². The van der Waals surface area contributed by atoms with E-state index in [-0.39, 0.29) is 16.2 Å². The lowest BCUT2D eigenvalue weighted by molar-refractivity contribution is -0.153. The molecule has 154 valence electrons. The van der Waals surface area contributed by atoms with Crippen molar-refractivity contribution in [3.8, 4) is 0 Å². The van der Waals surface area contributed by atoms with E-state index in [4.69, 9.17) is 9.02 Å². The Balaban J connectivity index is 2.31. The van der Waals surface area contributed by atoms with Crippen molar-refractivity contribution in [3.05, 3.63) is 65.7 Å². The van der Waals surface area contributed by atoms with E-state index in [0.717, 1.165) is 5.56 Å². The first-order chi connectivity index (χ1) is 13.5. The fourth-order valence-electron chi connectivity index (χ4n) is 2.27. The summed E-state index contributed by atoms with van der Waals surface area (Å²) in [6, 6.07) is 14.0. The van der Waals surface area contributed by atoms with Gasteiger partial charge in [0.25, 0.3) is 0 Å². The van der Waals surface area contributed by atoms with Crippen LogP contribution in [-0.2, 0) is 23.9 Å². The zero-order chi connectivity index (χ0) is 21.7. The maximum absolute atomic E-state index is 12.7. The predicted octanol–water partition coefficient (Wildman–Crippen LogP) is 3.67. The van der Waals surface area contributed by atoms with E-state index in [0.29, 0.717) is 0 Å². The second-order valence-corrected chi connectivity index (χ2v) is 8.87. The molecule has 29 heavy (non-hydrogen) atoms. The first-order valence-corrected chi connectivity index (χ1v) is 10.3. The quantitative estimate of drug-likeness (QED) is 0.295. The molecule has 0 aliphatic carbocycles. The molecule has 0 N–H and O–H groups in total. The third kappa shape index (κ3) is 6.83. The van der Waals surface area contributed by atoms with Gasteiger partial charge in [-0.1, -0.05) is 53.2 Å². The highest BCUT2D eigenvalue weighted by Crippen LogP contribution is 2.15. The van der Waals surface area contributed by atoms with Gasteiger partial charge in [0.05, 0.1) is 6.42 Å². The fourth-order valence-corrected chi connectivity index (χ4v) is 3.01. The number of hydrogen-bond donors (Lipinski definition) is 0. The van der Waals surface area contributed by atoms with Gasteiger partial charge >= 0.3 is 16.1 Å². The second kappa shape index (κ2) is 9.00. The molecule has 2 rings (SSSR count). The van der Waals surface area contributed by atoms with Crippen LogP contribution in [0.1, 0.15) is 43.1 Å². The van der Waals surface area contributed by atoms with Crippen molar-refractivity contribution in [2.75, 3.05) is 0 Å². The molecule has 0 atom stereocenters. The van der Waals surface area contributed by atoms with Crippen molar-refractivity contribution in [3.63, 3.8) is 0 Å². The van der Waals surface area contributed by atoms with Crippen molar-refractivity contribution in [1.29, 1.82) is 0 Å². The molecular weight excluding hydrogens is 394 g/mol. The number of esters is 1. The van der Waals surface area contributed by atoms with E-state index >= 15 is 0 Å². The van der Waals surface area contributed by atoms with Crippen LogP contribution in [0.25, 0.3) is 0 Å². The Bertz CT molecular complexity index is 1000. The van der Waals surface area contributed by atoms with Gasteiger partial charge < -0.3 is 4.74 Å². The standard InChI is InChI=1S/C21H23NO6S/c1-15-10-12-17(13-11-15)29(25,26)28-22-18(14-19(23)27-21(2,3)4)20(24)16-8-6-5-7-9-16/h5-13H,14H2,1-4H3/b22-18-. The number of aryl methyl sites for hydroxylation is 1. The third-order valence-corrected chi connectivity index (χ3v) is 4.71. The summed E-state index contributed by atoms with van der Waals surface area (Å²) in [5.74, 6) is -1.35. The first-order valence-electron chi connectivity index (χ1n) is 8.87. The van der Waals surface area contributed by atoms with Crippen LogP contribution in [0.4, 0.5) is 0 Å². The lowest BCUT2D eigenvalue weighted by atomic mass is 10.0. The maximum Gasteiger partial charge on any atom is 0.358 e. The minimum absolute atomic E-state index is 0.115. The van der Waals surface area contributed by atoms with Crippen LogP contribution in [0.5, 0.6) is 0 Å². The highest BCUT2D eigenvalue weighted by atomic mass is 32.2. The van der Waals surface area contributed by atoms with E-state index < -0.39 is 33.9 Å². The summed E-state index contributed by atoms with van der Waals surface area (Å²) < 4.78 is 34.7. The summed E-state index contributed by atoms with van der Waals surface area (Å²) in [4.78, 5) is 24.8. The summed E-state index contributed by atoms with van der Waals surface area (Å²) >= 11 is 0. The van der Waals surface area contributed by atoms with Crippen LogP contribution < -0.4 is 0 Å². The minimum atomic E-state index is -4.25. The molecule has 0 spiro atoms. The van der Waals surface area contributed by atoms with E-state index in [9.17, 15) is 18.0 Å². The molecule has 7 nitrogen and oxygen atoms in total. The Hall–Kier alpha value is -3.00. The maximum atomic E-state index is 12.7. The topological polar surface area (TPSA) is 99.1 Å². The predicted molar refractivity (Wildman–Crippen MR) is 108 cm³/mol. The molecule has 0 aromatic heterocycles. The van der Waals surface area contributed by atoms with Crippen LogP contribution in [0.15, 0.2) is 64.6 Å². The molecule has 0 amide bonds. The number of hydrogen-bond acceptors (Lipinski definition) is 7. The SMILES string of the molecule is Cc1ccc(S(=O)(=O)O/N=C(/CC(=O)OC(C)(C)C)C(=O)c2ccccc2)cc1. The molecule has 0 aliphatic rings. The molecule has 0 unspecified atom stereocenters. The highest BCUT2D eigenvalue weighted by molar-refractivity contribution is 7.86. The number of carbonyl (C=O) groups excluding carboxylic acids is 2. The molecule has 0 fully saturated rings. The van der Waals surface area contributed by atoms with Crippen molar-refractivity contribution >= 4 is 27.6 Å². The summed E-state index contributed by atoms with van der Waals surface area (Å²) in [5.41, 5.74) is -0.0306. The fraction of sp³-hybridized carbons (Fsp3) is 0.286. The summed E-state index contributed by atoms with van der Waals surface area (Å²) in [5, 5.41) is 3.52. The molecule has 2 aromatic rings. The van der Waals surface area contributed by atoms with Gasteiger partial charge in [0.2, 0.25) is 5.78 Å². The average Bonchev–Trinajstić information content (AvgIpc) is 2.64. The number of carbonyl (C=O) groups is 2. The second-order valence-electron chi connectivity index (χ2n) is 7.34. The van der Waals surface area contributed by atoms with Gasteiger partial charge in [0.1, 0.15) is 16.2 Å². The first kappa shape index (κ1) is 22.3. The Morgan fingerprint density at radius 1 is 0.966 bits per heavy atom. The largest absolute Gasteiger partial charge is 0.460 e. The summed E-state index contributed by atoms with van der Waals surface area (Å²) in [7, 11) is -4.25. The van der Waals surface area contributed by atoms with Gasteiger partial charge in [0.15, 0.2) is 0 Å². The van der Waals surface area contributed by atoms with E-state index in [2.05, 4.69) is 5.16 Å². The Morgan fingerprint density at radius 3 is 2.10 bits per heavy atom. The van der Waals surface area contributed by atoms with E-state index in [1.54, 1.807) is 51.1 Å². The Morgan fingerprint density at radius 2 is 1.55 bits per heavy atom. The van der Waals surface area contributed by atoms with Crippen molar-refractivity contribution in [2.24, 2.45) is 5.16 Å². The van der Waals surface area contributed by atoms with Crippen LogP contribution in [0.2, 0.25) is 0 Å². The number of rotatable bonds is 7. The third-order valence-electron chi connectivity index (χ3n) is 3.59. The van der Waals surface area contributed by atoms with E-state index in [1.807, 2.05) is 6.92 Å². The zero-order valence-corrected chi connectivity index (χ0v) is 17.5. The number of ether oxygens (including phenoxy) is 1. The highest BCUT2D eigenvalue weighted by Gasteiger charge is 2.25. The van der Waals surface area contributed by atoms with Gasteiger partial charge in [-0.15, -0.1) is 0 Å². The van der Waals surface area contributed by atoms with Crippen LogP contribution in [0, 0.1) is 6.92 Å². The molecule has 2 aromatic carbocycles. The molecule has 0 bridgehead atoms. The summed E-state index contributed by atoms with van der Waals surface area (Å²) in [6.07, 6.45) is -0.533. The average molecular weight is 417 g/mol. The molecular formula is C21H23NO6S. The Labute approximate surface area is 170 Å². The van der Waals surface area contributed by atoms with Gasteiger partial charge in [-0.25, -0.2) is 0 Å². The number of oxime groups is 1. The monoisotopic (exact) mass is 417 g/mol. The number of nitrogens with zero attached hydrogens (tertiary/aromatic N) is 1. The molecule has 0 aliphatic heterocycles. The molecule has 0 heterocycles. The van der Waals surface area contributed by atoms with Crippen molar-refractivity contribution < 1.29 is 27.0 Å². The van der Waals surface area contributed by atoms with Gasteiger partial charge in [-0.2, -0.15) is 8.42 Å².